The fourth-order valence-corrected chi connectivity index (χ4v) is 3.86. The summed E-state index contributed by atoms with van der Waals surface area (Å²) in [6.07, 6.45) is 1.76. The highest BCUT2D eigenvalue weighted by Crippen LogP contribution is 2.37. The average Bonchev–Trinajstić information content (AvgIpc) is 2.81. The van der Waals surface area contributed by atoms with Gasteiger partial charge in [-0.05, 0) is 91.6 Å². The van der Waals surface area contributed by atoms with Gasteiger partial charge in [0.25, 0.3) is 0 Å². The molecule has 0 spiro atoms. The fourth-order valence-electron chi connectivity index (χ4n) is 3.86. The Morgan fingerprint density at radius 2 is 0.938 bits per heavy atom. The summed E-state index contributed by atoms with van der Waals surface area (Å²) in [7, 11) is 0. The van der Waals surface area contributed by atoms with Crippen molar-refractivity contribution in [1.29, 1.82) is 0 Å². The molecular weight excluding hydrogens is 394 g/mol. The van der Waals surface area contributed by atoms with E-state index < -0.39 is 0 Å². The molecule has 0 radical (unpaired) electrons. The number of nitrogens with zero attached hydrogens (tertiary/aromatic N) is 1. The largest absolute Gasteiger partial charge is 0.310 e. The maximum Gasteiger partial charge on any atom is 0.150 e. The summed E-state index contributed by atoms with van der Waals surface area (Å²) in [5, 5.41) is 0. The third kappa shape index (κ3) is 4.23. The van der Waals surface area contributed by atoms with E-state index in [0.29, 0.717) is 11.1 Å². The van der Waals surface area contributed by atoms with Crippen molar-refractivity contribution in [1.82, 2.24) is 0 Å². The van der Waals surface area contributed by atoms with Crippen molar-refractivity contribution >= 4 is 29.6 Å². The molecule has 32 heavy (non-hydrogen) atoms. The third-order valence-corrected chi connectivity index (χ3v) is 5.79. The van der Waals surface area contributed by atoms with Gasteiger partial charge in [-0.25, -0.2) is 0 Å². The van der Waals surface area contributed by atoms with Crippen LogP contribution in [-0.4, -0.2) is 12.6 Å². The number of hydrogen-bond donors (Lipinski definition) is 0. The van der Waals surface area contributed by atoms with Crippen molar-refractivity contribution in [3.63, 3.8) is 0 Å². The lowest BCUT2D eigenvalue weighted by atomic mass is 10.0. The normalized spacial score (nSPS) is 10.6. The lowest BCUT2D eigenvalue weighted by Crippen LogP contribution is -2.11. The van der Waals surface area contributed by atoms with Crippen LogP contribution in [0.5, 0.6) is 0 Å². The van der Waals surface area contributed by atoms with Crippen LogP contribution in [0.15, 0.2) is 84.9 Å². The topological polar surface area (TPSA) is 37.4 Å². The van der Waals surface area contributed by atoms with Crippen LogP contribution in [0.4, 0.5) is 17.1 Å². The van der Waals surface area contributed by atoms with E-state index in [1.165, 1.54) is 11.1 Å². The third-order valence-electron chi connectivity index (χ3n) is 5.79. The van der Waals surface area contributed by atoms with Crippen LogP contribution in [0.3, 0.4) is 0 Å². The fraction of sp³-hybridized carbons (Fsp3) is 0.103. The van der Waals surface area contributed by atoms with Crippen LogP contribution >= 0.6 is 0 Å². The highest BCUT2D eigenvalue weighted by Gasteiger charge is 2.15. The second kappa shape index (κ2) is 9.03. The first-order chi connectivity index (χ1) is 15.5. The molecule has 4 aromatic carbocycles. The zero-order chi connectivity index (χ0) is 22.7. The molecule has 0 unspecified atom stereocenters. The zero-order valence-corrected chi connectivity index (χ0v) is 18.5. The number of hydrogen-bond acceptors (Lipinski definition) is 3. The summed E-state index contributed by atoms with van der Waals surface area (Å²) < 4.78 is 0. The highest BCUT2D eigenvalue weighted by molar-refractivity contribution is 5.84. The first-order valence-electron chi connectivity index (χ1n) is 10.6. The van der Waals surface area contributed by atoms with Crippen molar-refractivity contribution in [3.8, 4) is 11.1 Å². The lowest BCUT2D eigenvalue weighted by Gasteiger charge is -2.27. The predicted molar refractivity (Wildman–Crippen MR) is 132 cm³/mol. The van der Waals surface area contributed by atoms with Crippen molar-refractivity contribution in [3.05, 3.63) is 113 Å². The second-order valence-corrected chi connectivity index (χ2v) is 8.07. The molecule has 3 nitrogen and oxygen atoms in total. The molecule has 0 atom stereocenters. The molecule has 158 valence electrons. The summed E-state index contributed by atoms with van der Waals surface area (Å²) >= 11 is 0. The van der Waals surface area contributed by atoms with Gasteiger partial charge in [0.05, 0.1) is 0 Å². The number of benzene rings is 4. The number of rotatable bonds is 6. The number of carbonyl (C=O) groups excluding carboxylic acids is 2. The van der Waals surface area contributed by atoms with Crippen LogP contribution in [0.25, 0.3) is 11.1 Å². The van der Waals surface area contributed by atoms with E-state index in [9.17, 15) is 9.59 Å². The number of aldehydes is 2. The van der Waals surface area contributed by atoms with E-state index in [-0.39, 0.29) is 0 Å². The minimum atomic E-state index is 0.677. The van der Waals surface area contributed by atoms with E-state index in [4.69, 9.17) is 0 Å². The van der Waals surface area contributed by atoms with Gasteiger partial charge in [-0.1, -0.05) is 42.0 Å². The Balaban J connectivity index is 1.81. The van der Waals surface area contributed by atoms with Gasteiger partial charge in [-0.15, -0.1) is 0 Å². The minimum absolute atomic E-state index is 0.677. The summed E-state index contributed by atoms with van der Waals surface area (Å²) in [6, 6.07) is 28.5. The maximum atomic E-state index is 11.3. The van der Waals surface area contributed by atoms with Gasteiger partial charge in [-0.2, -0.15) is 0 Å². The van der Waals surface area contributed by atoms with Gasteiger partial charge in [0, 0.05) is 28.2 Å². The molecule has 0 saturated heterocycles. The lowest BCUT2D eigenvalue weighted by molar-refractivity contribution is 0.111. The molecule has 3 heteroatoms. The van der Waals surface area contributed by atoms with Gasteiger partial charge in [0.1, 0.15) is 12.6 Å². The smallest absolute Gasteiger partial charge is 0.150 e. The highest BCUT2D eigenvalue weighted by atomic mass is 16.1. The van der Waals surface area contributed by atoms with E-state index >= 15 is 0 Å². The monoisotopic (exact) mass is 419 g/mol. The van der Waals surface area contributed by atoms with E-state index in [1.54, 1.807) is 0 Å². The molecular formula is C29H25NO2. The van der Waals surface area contributed by atoms with Gasteiger partial charge in [0.2, 0.25) is 0 Å². The Morgan fingerprint density at radius 3 is 1.34 bits per heavy atom. The SMILES string of the molecule is Cc1ccc(-c2ccc(N(c3ccc(C=O)c(C)c3)c3ccc(C=O)c(C)c3)cc2)cc1. The Morgan fingerprint density at radius 1 is 0.531 bits per heavy atom. The van der Waals surface area contributed by atoms with Crippen molar-refractivity contribution < 1.29 is 9.59 Å². The standard InChI is InChI=1S/C29H25NO2/c1-20-4-6-23(7-5-20)24-8-12-27(13-9-24)30(28-14-10-25(18-31)21(2)16-28)29-15-11-26(19-32)22(3)17-29/h4-19H,1-3H3. The van der Waals surface area contributed by atoms with Crippen molar-refractivity contribution in [2.45, 2.75) is 20.8 Å². The molecule has 0 aliphatic heterocycles. The van der Waals surface area contributed by atoms with Crippen LogP contribution in [-0.2, 0) is 0 Å². The van der Waals surface area contributed by atoms with Crippen LogP contribution in [0, 0.1) is 20.8 Å². The molecule has 0 amide bonds. The van der Waals surface area contributed by atoms with Gasteiger partial charge >= 0.3 is 0 Å². The molecule has 0 aromatic heterocycles. The first-order valence-corrected chi connectivity index (χ1v) is 10.6. The quantitative estimate of drug-likeness (QED) is 0.306. The predicted octanol–water partition coefficient (Wildman–Crippen LogP) is 7.37. The summed E-state index contributed by atoms with van der Waals surface area (Å²) in [6.45, 7) is 5.96. The Labute approximate surface area is 189 Å². The first kappa shape index (κ1) is 21.3. The maximum absolute atomic E-state index is 11.3. The van der Waals surface area contributed by atoms with E-state index in [2.05, 4.69) is 60.4 Å². The molecule has 0 N–H and O–H groups in total. The van der Waals surface area contributed by atoms with Gasteiger partial charge in [-0.3, -0.25) is 9.59 Å². The van der Waals surface area contributed by atoms with Crippen LogP contribution < -0.4 is 4.90 Å². The van der Waals surface area contributed by atoms with Crippen molar-refractivity contribution in [2.24, 2.45) is 0 Å². The molecule has 0 heterocycles. The molecule has 0 aliphatic rings. The molecule has 4 aromatic rings. The Bertz CT molecular complexity index is 1210. The average molecular weight is 420 g/mol. The van der Waals surface area contributed by atoms with Crippen LogP contribution in [0.1, 0.15) is 37.4 Å². The second-order valence-electron chi connectivity index (χ2n) is 8.07. The number of anilines is 3. The molecule has 0 aliphatic carbocycles. The molecule has 4 rings (SSSR count). The minimum Gasteiger partial charge on any atom is -0.310 e. The summed E-state index contributed by atoms with van der Waals surface area (Å²) in [5.41, 5.74) is 9.65. The van der Waals surface area contributed by atoms with Crippen molar-refractivity contribution in [2.75, 3.05) is 4.90 Å². The number of aryl methyl sites for hydroxylation is 3. The number of carbonyl (C=O) groups is 2. The van der Waals surface area contributed by atoms with E-state index in [0.717, 1.165) is 46.3 Å². The molecule has 0 bridgehead atoms. The van der Waals surface area contributed by atoms with Crippen LogP contribution in [0.2, 0.25) is 0 Å². The molecule has 0 fully saturated rings. The van der Waals surface area contributed by atoms with E-state index in [1.807, 2.05) is 50.2 Å². The Kier molecular flexibility index (Phi) is 6.00. The van der Waals surface area contributed by atoms with Gasteiger partial charge in [0.15, 0.2) is 0 Å². The Hall–Kier alpha value is -3.98. The van der Waals surface area contributed by atoms with Gasteiger partial charge < -0.3 is 4.90 Å². The molecule has 0 saturated carbocycles. The summed E-state index contributed by atoms with van der Waals surface area (Å²) in [5.74, 6) is 0. The zero-order valence-electron chi connectivity index (χ0n) is 18.5. The summed E-state index contributed by atoms with van der Waals surface area (Å²) in [4.78, 5) is 24.8.